The molecule has 0 saturated carbocycles. The molecule has 1 atom stereocenters. The summed E-state index contributed by atoms with van der Waals surface area (Å²) < 4.78 is 0.325. The van der Waals surface area contributed by atoms with E-state index in [0.717, 1.165) is 6.54 Å². The van der Waals surface area contributed by atoms with Crippen LogP contribution in [0.3, 0.4) is 0 Å². The normalized spacial score (nSPS) is 19.7. The van der Waals surface area contributed by atoms with E-state index < -0.39 is 0 Å². The van der Waals surface area contributed by atoms with E-state index in [1.807, 2.05) is 0 Å². The van der Waals surface area contributed by atoms with Gasteiger partial charge < -0.3 is 10.6 Å². The third-order valence-corrected chi connectivity index (χ3v) is 3.24. The van der Waals surface area contributed by atoms with Crippen LogP contribution in [0.25, 0.3) is 0 Å². The van der Waals surface area contributed by atoms with Gasteiger partial charge in [-0.3, -0.25) is 0 Å². The molecule has 3 nitrogen and oxygen atoms in total. The van der Waals surface area contributed by atoms with E-state index in [2.05, 4.69) is 38.2 Å². The molecule has 0 aliphatic carbocycles. The van der Waals surface area contributed by atoms with Crippen molar-refractivity contribution in [2.75, 3.05) is 11.9 Å². The first-order valence-electron chi connectivity index (χ1n) is 4.33. The minimum absolute atomic E-state index is 0.325. The van der Waals surface area contributed by atoms with Crippen molar-refractivity contribution in [2.24, 2.45) is 4.99 Å². The second-order valence-electron chi connectivity index (χ2n) is 3.02. The number of benzene rings is 1. The number of hydrogen-bond donors (Lipinski definition) is 2. The van der Waals surface area contributed by atoms with Gasteiger partial charge in [-0.15, -0.1) is 0 Å². The molecule has 0 aromatic heterocycles. The van der Waals surface area contributed by atoms with Crippen LogP contribution >= 0.6 is 45.8 Å². The van der Waals surface area contributed by atoms with Crippen molar-refractivity contribution in [3.8, 4) is 0 Å². The van der Waals surface area contributed by atoms with Crippen molar-refractivity contribution in [1.29, 1.82) is 0 Å². The predicted molar refractivity (Wildman–Crippen MR) is 73.3 cm³/mol. The summed E-state index contributed by atoms with van der Waals surface area (Å²) >= 11 is 14.3. The number of para-hydroxylation sites is 1. The molecule has 1 aromatic rings. The van der Waals surface area contributed by atoms with E-state index >= 15 is 0 Å². The average molecular weight is 356 g/mol. The van der Waals surface area contributed by atoms with E-state index in [1.54, 1.807) is 18.2 Å². The molecule has 1 aromatic carbocycles. The Balaban J connectivity index is 2.18. The van der Waals surface area contributed by atoms with Gasteiger partial charge in [0.2, 0.25) is 0 Å². The zero-order chi connectivity index (χ0) is 10.8. The number of guanidine groups is 1. The summed E-state index contributed by atoms with van der Waals surface area (Å²) in [6.07, 6.45) is 0. The van der Waals surface area contributed by atoms with Crippen LogP contribution in [0, 0.1) is 0 Å². The summed E-state index contributed by atoms with van der Waals surface area (Å²) in [4.78, 5) is 4.26. The average Bonchev–Trinajstić information content (AvgIpc) is 2.58. The summed E-state index contributed by atoms with van der Waals surface area (Å²) in [6, 6.07) is 5.38. The van der Waals surface area contributed by atoms with Gasteiger partial charge in [0.25, 0.3) is 0 Å². The number of aliphatic imine (C=N–C) groups is 1. The number of alkyl halides is 1. The topological polar surface area (TPSA) is 36.4 Å². The van der Waals surface area contributed by atoms with Gasteiger partial charge in [-0.25, -0.2) is 4.99 Å². The highest BCUT2D eigenvalue weighted by atomic mass is 127. The standard InChI is InChI=1S/C9H8Cl2IN3/c10-5-2-1-3-6(11)8(5)15-9-13-4-7(12)14-9/h1-3,7H,4H2,(H2,13,14,15). The minimum atomic E-state index is 0.325. The first-order valence-corrected chi connectivity index (χ1v) is 6.33. The largest absolute Gasteiger partial charge is 0.343 e. The summed E-state index contributed by atoms with van der Waals surface area (Å²) in [5.74, 6) is 0.712. The molecule has 0 spiro atoms. The molecule has 15 heavy (non-hydrogen) atoms. The summed E-state index contributed by atoms with van der Waals surface area (Å²) in [5, 5.41) is 7.42. The Kier molecular flexibility index (Phi) is 3.58. The number of nitrogens with one attached hydrogen (secondary N) is 2. The molecule has 2 N–H and O–H groups in total. The number of anilines is 1. The lowest BCUT2D eigenvalue weighted by atomic mass is 10.3. The number of nitrogens with zero attached hydrogens (tertiary/aromatic N) is 1. The fraction of sp³-hybridized carbons (Fsp3) is 0.222. The van der Waals surface area contributed by atoms with Gasteiger partial charge in [0.15, 0.2) is 5.96 Å². The Labute approximate surface area is 111 Å². The fourth-order valence-electron chi connectivity index (χ4n) is 1.22. The molecular weight excluding hydrogens is 348 g/mol. The van der Waals surface area contributed by atoms with Gasteiger partial charge in [-0.1, -0.05) is 51.9 Å². The van der Waals surface area contributed by atoms with Crippen LogP contribution in [0.2, 0.25) is 10.0 Å². The third kappa shape index (κ3) is 2.68. The van der Waals surface area contributed by atoms with E-state index in [4.69, 9.17) is 23.2 Å². The van der Waals surface area contributed by atoms with Crippen molar-refractivity contribution in [3.05, 3.63) is 28.2 Å². The smallest absolute Gasteiger partial charge is 0.196 e. The molecular formula is C9H8Cl2IN3. The lowest BCUT2D eigenvalue weighted by Crippen LogP contribution is -2.30. The number of halogens is 3. The summed E-state index contributed by atoms with van der Waals surface area (Å²) in [5.41, 5.74) is 0.692. The maximum absolute atomic E-state index is 6.01. The molecule has 6 heteroatoms. The maximum Gasteiger partial charge on any atom is 0.196 e. The quantitative estimate of drug-likeness (QED) is 0.461. The Morgan fingerprint density at radius 2 is 2.07 bits per heavy atom. The molecule has 0 amide bonds. The summed E-state index contributed by atoms with van der Waals surface area (Å²) in [7, 11) is 0. The Morgan fingerprint density at radius 1 is 1.40 bits per heavy atom. The van der Waals surface area contributed by atoms with Crippen molar-refractivity contribution >= 4 is 57.4 Å². The van der Waals surface area contributed by atoms with Crippen molar-refractivity contribution in [1.82, 2.24) is 5.32 Å². The SMILES string of the molecule is Clc1cccc(Cl)c1NC1=NCC(I)N1. The number of rotatable bonds is 1. The van der Waals surface area contributed by atoms with Gasteiger partial charge >= 0.3 is 0 Å². The van der Waals surface area contributed by atoms with Crippen molar-refractivity contribution in [3.63, 3.8) is 0 Å². The zero-order valence-corrected chi connectivity index (χ0v) is 11.3. The monoisotopic (exact) mass is 355 g/mol. The highest BCUT2D eigenvalue weighted by molar-refractivity contribution is 14.1. The molecule has 2 rings (SSSR count). The zero-order valence-electron chi connectivity index (χ0n) is 7.60. The second-order valence-corrected chi connectivity index (χ2v) is 5.34. The van der Waals surface area contributed by atoms with Crippen molar-refractivity contribution < 1.29 is 0 Å². The molecule has 80 valence electrons. The van der Waals surface area contributed by atoms with Crippen LogP contribution in [0.1, 0.15) is 0 Å². The molecule has 1 heterocycles. The van der Waals surface area contributed by atoms with Gasteiger partial charge in [-0.2, -0.15) is 0 Å². The first-order chi connectivity index (χ1) is 7.16. The van der Waals surface area contributed by atoms with Gasteiger partial charge in [0, 0.05) is 0 Å². The third-order valence-electron chi connectivity index (χ3n) is 1.91. The van der Waals surface area contributed by atoms with Crippen LogP contribution in [-0.2, 0) is 0 Å². The van der Waals surface area contributed by atoms with Crippen LogP contribution < -0.4 is 10.6 Å². The molecule has 1 aliphatic heterocycles. The maximum atomic E-state index is 6.01. The Bertz CT molecular complexity index is 388. The van der Waals surface area contributed by atoms with Crippen LogP contribution in [0.5, 0.6) is 0 Å². The van der Waals surface area contributed by atoms with Gasteiger partial charge in [-0.05, 0) is 12.1 Å². The highest BCUT2D eigenvalue weighted by Crippen LogP contribution is 2.29. The van der Waals surface area contributed by atoms with Crippen LogP contribution in [-0.4, -0.2) is 16.6 Å². The summed E-state index contributed by atoms with van der Waals surface area (Å²) in [6.45, 7) is 0.755. The molecule has 0 bridgehead atoms. The molecule has 0 radical (unpaired) electrons. The van der Waals surface area contributed by atoms with E-state index in [-0.39, 0.29) is 0 Å². The molecule has 0 fully saturated rings. The Hall–Kier alpha value is -0.200. The van der Waals surface area contributed by atoms with E-state index in [1.165, 1.54) is 0 Å². The van der Waals surface area contributed by atoms with Gasteiger partial charge in [0.1, 0.15) is 4.05 Å². The van der Waals surface area contributed by atoms with Crippen LogP contribution in [0.15, 0.2) is 23.2 Å². The number of hydrogen-bond acceptors (Lipinski definition) is 3. The molecule has 1 unspecified atom stereocenters. The fourth-order valence-corrected chi connectivity index (χ4v) is 2.21. The van der Waals surface area contributed by atoms with Crippen molar-refractivity contribution in [2.45, 2.75) is 4.05 Å². The second kappa shape index (κ2) is 4.76. The van der Waals surface area contributed by atoms with E-state index in [0.29, 0.717) is 25.7 Å². The Morgan fingerprint density at radius 3 is 2.60 bits per heavy atom. The highest BCUT2D eigenvalue weighted by Gasteiger charge is 2.15. The van der Waals surface area contributed by atoms with Crippen LogP contribution in [0.4, 0.5) is 5.69 Å². The lowest BCUT2D eigenvalue weighted by Gasteiger charge is -2.10. The van der Waals surface area contributed by atoms with E-state index in [9.17, 15) is 0 Å². The minimum Gasteiger partial charge on any atom is -0.343 e. The molecule has 0 saturated heterocycles. The molecule has 1 aliphatic rings. The lowest BCUT2D eigenvalue weighted by molar-refractivity contribution is 0.924. The van der Waals surface area contributed by atoms with Gasteiger partial charge in [0.05, 0.1) is 22.3 Å². The predicted octanol–water partition coefficient (Wildman–Crippen LogP) is 3.13. The first kappa shape index (κ1) is 11.3.